The van der Waals surface area contributed by atoms with E-state index in [-0.39, 0.29) is 0 Å². The number of hydrogen-bond donors (Lipinski definition) is 0. The largest absolute Gasteiger partial charge is 0.313 e. The molecule has 0 amide bonds. The molecule has 0 aliphatic heterocycles. The molecule has 0 spiro atoms. The van der Waals surface area contributed by atoms with E-state index in [4.69, 9.17) is 9.97 Å². The Labute approximate surface area is 301 Å². The fraction of sp³-hybridized carbons (Fsp3) is 0.0426. The van der Waals surface area contributed by atoms with Crippen LogP contribution in [0.3, 0.4) is 0 Å². The van der Waals surface area contributed by atoms with Crippen molar-refractivity contribution in [2.24, 2.45) is 0 Å². The zero-order valence-electron chi connectivity index (χ0n) is 28.2. The van der Waals surface area contributed by atoms with E-state index in [0.29, 0.717) is 11.4 Å². The minimum Gasteiger partial charge on any atom is -0.313 e. The van der Waals surface area contributed by atoms with Gasteiger partial charge in [0.15, 0.2) is 5.82 Å². The van der Waals surface area contributed by atoms with Crippen LogP contribution in [0.5, 0.6) is 0 Å². The van der Waals surface area contributed by atoms with Crippen molar-refractivity contribution in [1.29, 1.82) is 5.26 Å². The first kappa shape index (κ1) is 29.8. The quantitative estimate of drug-likeness (QED) is 0.184. The highest BCUT2D eigenvalue weighted by Crippen LogP contribution is 2.40. The van der Waals surface area contributed by atoms with Gasteiger partial charge in [0.2, 0.25) is 0 Å². The van der Waals surface area contributed by atoms with Gasteiger partial charge in [0.1, 0.15) is 0 Å². The maximum atomic E-state index is 9.58. The number of nitriles is 1. The van der Waals surface area contributed by atoms with Crippen LogP contribution in [0.25, 0.3) is 84.1 Å². The van der Waals surface area contributed by atoms with E-state index in [2.05, 4.69) is 130 Å². The Hall–Kier alpha value is -7.03. The van der Waals surface area contributed by atoms with Crippen molar-refractivity contribution in [3.05, 3.63) is 175 Å². The van der Waals surface area contributed by atoms with Gasteiger partial charge in [-0.15, -0.1) is 0 Å². The van der Waals surface area contributed by atoms with Crippen LogP contribution in [0, 0.1) is 11.3 Å². The maximum absolute atomic E-state index is 9.58. The average molecular weight is 666 g/mol. The fourth-order valence-corrected chi connectivity index (χ4v) is 7.82. The highest BCUT2D eigenvalue weighted by molar-refractivity contribution is 6.14. The molecule has 0 fully saturated rings. The third kappa shape index (κ3) is 4.85. The summed E-state index contributed by atoms with van der Waals surface area (Å²) in [7, 11) is 0. The Bertz CT molecular complexity index is 2890. The number of benzene rings is 6. The van der Waals surface area contributed by atoms with Crippen molar-refractivity contribution in [2.45, 2.75) is 12.8 Å². The molecule has 0 bridgehead atoms. The van der Waals surface area contributed by atoms with Crippen LogP contribution in [0.15, 0.2) is 158 Å². The molecule has 5 heteroatoms. The predicted octanol–water partition coefficient (Wildman–Crippen LogP) is 11.3. The molecular formula is C47H31N5. The van der Waals surface area contributed by atoms with Gasteiger partial charge >= 0.3 is 0 Å². The lowest BCUT2D eigenvalue weighted by atomic mass is 10.0. The molecule has 5 nitrogen and oxygen atoms in total. The lowest BCUT2D eigenvalue weighted by Crippen LogP contribution is -2.02. The molecular weight excluding hydrogens is 635 g/mol. The van der Waals surface area contributed by atoms with E-state index >= 15 is 0 Å². The number of fused-ring (bicyclic) bond motifs is 6. The van der Waals surface area contributed by atoms with Gasteiger partial charge in [-0.05, 0) is 85.6 Å². The fourth-order valence-electron chi connectivity index (χ4n) is 7.82. The molecule has 52 heavy (non-hydrogen) atoms. The number of hydrogen-bond acceptors (Lipinski definition) is 3. The zero-order valence-corrected chi connectivity index (χ0v) is 28.2. The normalized spacial score (nSPS) is 12.4. The van der Waals surface area contributed by atoms with E-state index in [9.17, 15) is 5.26 Å². The number of aromatic nitrogens is 4. The summed E-state index contributed by atoms with van der Waals surface area (Å²) in [5, 5.41) is 13.3. The molecule has 0 atom stereocenters. The van der Waals surface area contributed by atoms with Gasteiger partial charge in [-0.1, -0.05) is 91.0 Å². The van der Waals surface area contributed by atoms with Crippen LogP contribution in [0.2, 0.25) is 0 Å². The molecule has 0 unspecified atom stereocenters. The minimum atomic E-state index is 0.597. The standard InChI is InChI=1S/C47H31N5/c48-30-31-12-11-15-34(26-31)42-28-41(32-13-3-1-4-14-32)49-47(50-42)33-22-24-36(25-23-33)52-44-21-10-8-19-38(44)40-27-39-37-18-7-9-20-43(37)51(45(39)29-46(40)52)35-16-5-2-6-17-35/h1-8,10-19,21-29H,9,20H2. The lowest BCUT2D eigenvalue weighted by Gasteiger charge is -2.13. The van der Waals surface area contributed by atoms with Gasteiger partial charge in [0.25, 0.3) is 0 Å². The van der Waals surface area contributed by atoms with Crippen LogP contribution >= 0.6 is 0 Å². The van der Waals surface area contributed by atoms with Gasteiger partial charge in [0, 0.05) is 55.5 Å². The van der Waals surface area contributed by atoms with Gasteiger partial charge in [-0.25, -0.2) is 9.97 Å². The topological polar surface area (TPSA) is 59.4 Å². The van der Waals surface area contributed by atoms with E-state index in [0.717, 1.165) is 52.1 Å². The van der Waals surface area contributed by atoms with Crippen molar-refractivity contribution < 1.29 is 0 Å². The zero-order chi connectivity index (χ0) is 34.6. The van der Waals surface area contributed by atoms with Crippen LogP contribution in [-0.2, 0) is 6.42 Å². The van der Waals surface area contributed by atoms with Crippen LogP contribution < -0.4 is 0 Å². The molecule has 9 aromatic rings. The SMILES string of the molecule is N#Cc1cccc(-c2cc(-c3ccccc3)nc(-c3ccc(-n4c5ccccc5c5cc6c7c(n(-c8ccccc8)c6cc54)CCC=C7)cc3)n2)c1. The van der Waals surface area contributed by atoms with Crippen molar-refractivity contribution >= 4 is 38.8 Å². The van der Waals surface area contributed by atoms with Gasteiger partial charge < -0.3 is 9.13 Å². The van der Waals surface area contributed by atoms with Crippen molar-refractivity contribution in [3.8, 4) is 51.3 Å². The van der Waals surface area contributed by atoms with Crippen molar-refractivity contribution in [1.82, 2.24) is 19.1 Å². The first-order chi connectivity index (χ1) is 25.7. The molecule has 6 aromatic carbocycles. The molecule has 0 saturated carbocycles. The summed E-state index contributed by atoms with van der Waals surface area (Å²) in [6, 6.07) is 54.8. The minimum absolute atomic E-state index is 0.597. The van der Waals surface area contributed by atoms with E-state index < -0.39 is 0 Å². The molecule has 244 valence electrons. The van der Waals surface area contributed by atoms with Crippen LogP contribution in [0.1, 0.15) is 23.2 Å². The third-order valence-corrected chi connectivity index (χ3v) is 10.2. The number of allylic oxidation sites excluding steroid dienone is 1. The highest BCUT2D eigenvalue weighted by Gasteiger charge is 2.22. The van der Waals surface area contributed by atoms with E-state index in [1.54, 1.807) is 0 Å². The molecule has 3 aromatic heterocycles. The summed E-state index contributed by atoms with van der Waals surface area (Å²) in [5.41, 5.74) is 13.5. The van der Waals surface area contributed by atoms with Crippen molar-refractivity contribution in [2.75, 3.05) is 0 Å². The molecule has 3 heterocycles. The number of para-hydroxylation sites is 2. The second-order valence-corrected chi connectivity index (χ2v) is 13.3. The molecule has 0 radical (unpaired) electrons. The molecule has 0 saturated heterocycles. The molecule has 0 N–H and O–H groups in total. The molecule has 1 aliphatic carbocycles. The molecule has 1 aliphatic rings. The predicted molar refractivity (Wildman–Crippen MR) is 212 cm³/mol. The van der Waals surface area contributed by atoms with Crippen LogP contribution in [-0.4, -0.2) is 19.1 Å². The smallest absolute Gasteiger partial charge is 0.160 e. The van der Waals surface area contributed by atoms with Gasteiger partial charge in [-0.3, -0.25) is 0 Å². The second kappa shape index (κ2) is 12.1. The molecule has 10 rings (SSSR count). The summed E-state index contributed by atoms with van der Waals surface area (Å²) in [5.74, 6) is 0.633. The Balaban J connectivity index is 1.15. The van der Waals surface area contributed by atoms with E-state index in [1.165, 1.54) is 44.1 Å². The number of rotatable bonds is 5. The third-order valence-electron chi connectivity index (χ3n) is 10.2. The lowest BCUT2D eigenvalue weighted by molar-refractivity contribution is 0.888. The Morgan fingerprint density at radius 2 is 1.21 bits per heavy atom. The summed E-state index contributed by atoms with van der Waals surface area (Å²) in [6.07, 6.45) is 6.67. The summed E-state index contributed by atoms with van der Waals surface area (Å²) in [6.45, 7) is 0. The van der Waals surface area contributed by atoms with Gasteiger partial charge in [-0.2, -0.15) is 5.26 Å². The first-order valence-electron chi connectivity index (χ1n) is 17.6. The summed E-state index contributed by atoms with van der Waals surface area (Å²) in [4.78, 5) is 10.1. The Kier molecular flexibility index (Phi) is 6.94. The Morgan fingerprint density at radius 3 is 2.02 bits per heavy atom. The van der Waals surface area contributed by atoms with Crippen molar-refractivity contribution in [3.63, 3.8) is 0 Å². The summed E-state index contributed by atoms with van der Waals surface area (Å²) < 4.78 is 4.84. The Morgan fingerprint density at radius 1 is 0.519 bits per heavy atom. The number of nitrogens with zero attached hydrogens (tertiary/aromatic N) is 5. The van der Waals surface area contributed by atoms with Gasteiger partial charge in [0.05, 0.1) is 39.6 Å². The summed E-state index contributed by atoms with van der Waals surface area (Å²) >= 11 is 0. The maximum Gasteiger partial charge on any atom is 0.160 e. The van der Waals surface area contributed by atoms with E-state index in [1.807, 2.05) is 48.5 Å². The average Bonchev–Trinajstić information content (AvgIpc) is 3.72. The highest BCUT2D eigenvalue weighted by atomic mass is 15.0. The monoisotopic (exact) mass is 665 g/mol. The first-order valence-corrected chi connectivity index (χ1v) is 17.6. The second-order valence-electron chi connectivity index (χ2n) is 13.3. The van der Waals surface area contributed by atoms with Crippen LogP contribution in [0.4, 0.5) is 0 Å².